The van der Waals surface area contributed by atoms with Gasteiger partial charge in [-0.15, -0.1) is 0 Å². The molecule has 0 saturated heterocycles. The van der Waals surface area contributed by atoms with E-state index in [4.69, 9.17) is 11.6 Å². The van der Waals surface area contributed by atoms with Crippen LogP contribution in [0.4, 0.5) is 0 Å². The summed E-state index contributed by atoms with van der Waals surface area (Å²) in [6.07, 6.45) is 9.00. The number of hydrogen-bond acceptors (Lipinski definition) is 0. The zero-order valence-electron chi connectivity index (χ0n) is 21.1. The molecule has 1 heteroatoms. The molecule has 0 unspecified atom stereocenters. The summed E-state index contributed by atoms with van der Waals surface area (Å²) in [6.45, 7) is 4.28. The predicted octanol–water partition coefficient (Wildman–Crippen LogP) is 10.0. The normalized spacial score (nSPS) is 28.4. The highest BCUT2D eigenvalue weighted by atomic mass is 35.5. The summed E-state index contributed by atoms with van der Waals surface area (Å²) in [5, 5.41) is 0.843. The fraction of sp³-hybridized carbons (Fsp3) is 0.278. The topological polar surface area (TPSA) is 0 Å². The zero-order valence-corrected chi connectivity index (χ0v) is 21.8. The molecule has 9 rings (SSSR count). The Bertz CT molecular complexity index is 1530. The minimum Gasteiger partial charge on any atom is -0.0984 e. The maximum absolute atomic E-state index is 6.91. The van der Waals surface area contributed by atoms with Gasteiger partial charge in [0.15, 0.2) is 0 Å². The smallest absolute Gasteiger partial charge is 0.0484 e. The van der Waals surface area contributed by atoms with E-state index in [1.807, 2.05) is 12.1 Å². The van der Waals surface area contributed by atoms with Crippen molar-refractivity contribution < 1.29 is 0 Å². The maximum Gasteiger partial charge on any atom is 0.0484 e. The Morgan fingerprint density at radius 2 is 1.38 bits per heavy atom. The lowest BCUT2D eigenvalue weighted by Gasteiger charge is -2.61. The summed E-state index contributed by atoms with van der Waals surface area (Å²) >= 11 is 6.91. The summed E-state index contributed by atoms with van der Waals surface area (Å²) < 4.78 is 0. The van der Waals surface area contributed by atoms with Crippen LogP contribution in [0.1, 0.15) is 48.8 Å². The molecular weight excluding hydrogens is 468 g/mol. The van der Waals surface area contributed by atoms with Gasteiger partial charge in [0.05, 0.1) is 0 Å². The summed E-state index contributed by atoms with van der Waals surface area (Å²) in [6, 6.07) is 31.3. The van der Waals surface area contributed by atoms with Crippen LogP contribution in [0, 0.1) is 23.7 Å². The van der Waals surface area contributed by atoms with Gasteiger partial charge in [0, 0.05) is 16.0 Å². The Morgan fingerprint density at radius 1 is 0.676 bits per heavy atom. The van der Waals surface area contributed by atoms with E-state index in [0.717, 1.165) is 16.9 Å². The molecule has 0 aromatic heterocycles. The molecule has 5 aliphatic carbocycles. The number of halogens is 1. The van der Waals surface area contributed by atoms with Gasteiger partial charge in [-0.2, -0.15) is 0 Å². The largest absolute Gasteiger partial charge is 0.0984 e. The average Bonchev–Trinajstić information content (AvgIpc) is 3.23. The van der Waals surface area contributed by atoms with Gasteiger partial charge >= 0.3 is 0 Å². The lowest BCUT2D eigenvalue weighted by Crippen LogP contribution is -2.55. The quantitative estimate of drug-likeness (QED) is 0.263. The third kappa shape index (κ3) is 2.91. The monoisotopic (exact) mass is 498 g/mol. The molecule has 0 aliphatic heterocycles. The van der Waals surface area contributed by atoms with E-state index in [-0.39, 0.29) is 5.41 Å². The number of benzene rings is 4. The molecule has 0 N–H and O–H groups in total. The molecule has 4 aromatic carbocycles. The highest BCUT2D eigenvalue weighted by Gasteiger charge is 2.62. The van der Waals surface area contributed by atoms with Crippen molar-refractivity contribution in [3.05, 3.63) is 113 Å². The second kappa shape index (κ2) is 7.95. The summed E-state index contributed by atoms with van der Waals surface area (Å²) in [7, 11) is 0. The lowest BCUT2D eigenvalue weighted by molar-refractivity contribution is -0.0397. The molecule has 5 aliphatic rings. The number of hydrogen-bond donors (Lipinski definition) is 0. The molecular formula is C36H31Cl. The highest BCUT2D eigenvalue weighted by Crippen LogP contribution is 2.71. The summed E-state index contributed by atoms with van der Waals surface area (Å²) in [5.41, 5.74) is 12.3. The second-order valence-electron chi connectivity index (χ2n) is 11.9. The molecule has 4 fully saturated rings. The van der Waals surface area contributed by atoms with Crippen LogP contribution in [-0.2, 0) is 5.41 Å². The van der Waals surface area contributed by atoms with E-state index < -0.39 is 0 Å². The first kappa shape index (κ1) is 21.9. The van der Waals surface area contributed by atoms with Crippen molar-refractivity contribution in [2.45, 2.75) is 37.5 Å². The van der Waals surface area contributed by atoms with Crippen LogP contribution in [-0.4, -0.2) is 0 Å². The first-order valence-corrected chi connectivity index (χ1v) is 14.3. The second-order valence-corrected chi connectivity index (χ2v) is 12.3. The molecule has 0 atom stereocenters. The lowest BCUT2D eigenvalue weighted by atomic mass is 9.42. The third-order valence-electron chi connectivity index (χ3n) is 10.3. The van der Waals surface area contributed by atoms with Crippen LogP contribution in [0.15, 0.2) is 91.5 Å². The third-order valence-corrected chi connectivity index (χ3v) is 10.6. The van der Waals surface area contributed by atoms with E-state index in [1.165, 1.54) is 71.0 Å². The standard InChI is InChI=1S/C36H31Cl/c1-2-24-12-14-30(29-10-6-7-11-33(29)37)35-34(24)31-21-26(25-8-4-3-5-9-25)13-15-32(31)36(35)27-17-22-16-23(19-27)20-28(36)18-22/h2-15,21-23,27-28H,1,16-20H2. The fourth-order valence-electron chi connectivity index (χ4n) is 9.25. The van der Waals surface area contributed by atoms with E-state index in [9.17, 15) is 0 Å². The summed E-state index contributed by atoms with van der Waals surface area (Å²) in [5.74, 6) is 3.23. The molecule has 1 spiro atoms. The van der Waals surface area contributed by atoms with Gasteiger partial charge in [-0.3, -0.25) is 0 Å². The van der Waals surface area contributed by atoms with E-state index in [1.54, 1.807) is 11.1 Å². The Hall–Kier alpha value is -3.09. The van der Waals surface area contributed by atoms with E-state index in [2.05, 4.69) is 85.5 Å². The zero-order chi connectivity index (χ0) is 24.7. The minimum absolute atomic E-state index is 0.0703. The van der Waals surface area contributed by atoms with Crippen LogP contribution in [0.25, 0.3) is 39.5 Å². The molecule has 37 heavy (non-hydrogen) atoms. The molecule has 4 aromatic rings. The van der Waals surface area contributed by atoms with Crippen molar-refractivity contribution in [2.24, 2.45) is 23.7 Å². The van der Waals surface area contributed by atoms with Gasteiger partial charge in [-0.25, -0.2) is 0 Å². The van der Waals surface area contributed by atoms with Crippen molar-refractivity contribution in [1.29, 1.82) is 0 Å². The molecule has 0 heterocycles. The molecule has 182 valence electrons. The highest BCUT2D eigenvalue weighted by molar-refractivity contribution is 6.33. The molecule has 0 nitrogen and oxygen atoms in total. The first-order chi connectivity index (χ1) is 18.2. The number of fused-ring (bicyclic) bond motifs is 3. The Labute approximate surface area is 225 Å². The van der Waals surface area contributed by atoms with Crippen molar-refractivity contribution in [3.63, 3.8) is 0 Å². The van der Waals surface area contributed by atoms with Crippen molar-refractivity contribution in [1.82, 2.24) is 0 Å². The van der Waals surface area contributed by atoms with Gasteiger partial charge in [-0.1, -0.05) is 97.1 Å². The Balaban J connectivity index is 1.48. The van der Waals surface area contributed by atoms with Crippen molar-refractivity contribution in [3.8, 4) is 33.4 Å². The maximum atomic E-state index is 6.91. The molecule has 4 saturated carbocycles. The van der Waals surface area contributed by atoms with Crippen molar-refractivity contribution >= 4 is 17.7 Å². The molecule has 4 bridgehead atoms. The minimum atomic E-state index is 0.0703. The Kier molecular flexibility index (Phi) is 4.72. The van der Waals surface area contributed by atoms with Gasteiger partial charge < -0.3 is 0 Å². The Morgan fingerprint density at radius 3 is 2.08 bits per heavy atom. The van der Waals surface area contributed by atoms with E-state index >= 15 is 0 Å². The van der Waals surface area contributed by atoms with Gasteiger partial charge in [-0.05, 0) is 112 Å². The van der Waals surface area contributed by atoms with Gasteiger partial charge in [0.1, 0.15) is 0 Å². The van der Waals surface area contributed by atoms with Crippen molar-refractivity contribution in [2.75, 3.05) is 0 Å². The van der Waals surface area contributed by atoms with Crippen LogP contribution >= 0.6 is 11.6 Å². The molecule has 0 amide bonds. The SMILES string of the molecule is C=Cc1ccc(-c2ccccc2Cl)c2c1-c1cc(-c3ccccc3)ccc1C21C2CC3CC(C2)CC1C3. The van der Waals surface area contributed by atoms with Crippen LogP contribution < -0.4 is 0 Å². The summed E-state index contributed by atoms with van der Waals surface area (Å²) in [4.78, 5) is 0. The number of rotatable bonds is 3. The van der Waals surface area contributed by atoms with Crippen LogP contribution in [0.3, 0.4) is 0 Å². The molecule has 0 radical (unpaired) electrons. The fourth-order valence-corrected chi connectivity index (χ4v) is 9.48. The average molecular weight is 499 g/mol. The predicted molar refractivity (Wildman–Crippen MR) is 156 cm³/mol. The van der Waals surface area contributed by atoms with Gasteiger partial charge in [0.25, 0.3) is 0 Å². The van der Waals surface area contributed by atoms with E-state index in [0.29, 0.717) is 11.8 Å². The van der Waals surface area contributed by atoms with Crippen LogP contribution in [0.5, 0.6) is 0 Å². The van der Waals surface area contributed by atoms with Gasteiger partial charge in [0.2, 0.25) is 0 Å². The first-order valence-electron chi connectivity index (χ1n) is 13.9. The van der Waals surface area contributed by atoms with Crippen LogP contribution in [0.2, 0.25) is 5.02 Å².